The monoisotopic (exact) mass is 571 g/mol. The molecule has 0 heterocycles. The number of amides is 2. The summed E-state index contributed by atoms with van der Waals surface area (Å²) in [7, 11) is -2.66. The molecule has 3 aromatic rings. The van der Waals surface area contributed by atoms with E-state index in [4.69, 9.17) is 16.3 Å². The first-order chi connectivity index (χ1) is 18.7. The number of carbonyl (C=O) groups excluding carboxylic acids is 2. The third kappa shape index (κ3) is 7.97. The van der Waals surface area contributed by atoms with Gasteiger partial charge in [0.05, 0.1) is 17.7 Å². The fourth-order valence-corrected chi connectivity index (χ4v) is 5.60. The van der Waals surface area contributed by atoms with Gasteiger partial charge in [0.1, 0.15) is 18.3 Å². The number of hydrogen-bond donors (Lipinski definition) is 1. The molecule has 0 saturated heterocycles. The summed E-state index contributed by atoms with van der Waals surface area (Å²) >= 11 is 6.17. The maximum atomic E-state index is 13.9. The number of halogens is 1. The number of anilines is 1. The zero-order valence-corrected chi connectivity index (χ0v) is 23.9. The number of carbonyl (C=O) groups is 2. The Morgan fingerprint density at radius 1 is 1.00 bits per heavy atom. The van der Waals surface area contributed by atoms with Crippen LogP contribution in [-0.2, 0) is 26.2 Å². The minimum Gasteiger partial charge on any atom is -0.497 e. The maximum Gasteiger partial charge on any atom is 0.264 e. The van der Waals surface area contributed by atoms with Crippen LogP contribution < -0.4 is 14.4 Å². The van der Waals surface area contributed by atoms with Crippen molar-refractivity contribution < 1.29 is 22.7 Å². The second-order valence-electron chi connectivity index (χ2n) is 9.00. The molecular weight excluding hydrogens is 538 g/mol. The number of hydrogen-bond acceptors (Lipinski definition) is 5. The summed E-state index contributed by atoms with van der Waals surface area (Å²) in [6, 6.07) is 20.5. The molecule has 0 spiro atoms. The summed E-state index contributed by atoms with van der Waals surface area (Å²) in [4.78, 5) is 28.3. The minimum absolute atomic E-state index is 0.0346. The predicted molar refractivity (Wildman–Crippen MR) is 153 cm³/mol. The summed E-state index contributed by atoms with van der Waals surface area (Å²) in [5, 5.41) is 3.36. The molecule has 0 radical (unpaired) electrons. The molecule has 0 aliphatic heterocycles. The summed E-state index contributed by atoms with van der Waals surface area (Å²) in [5.74, 6) is -0.430. The highest BCUT2D eigenvalue weighted by Crippen LogP contribution is 2.27. The van der Waals surface area contributed by atoms with Crippen LogP contribution in [0.1, 0.15) is 32.3 Å². The van der Waals surface area contributed by atoms with E-state index in [1.54, 1.807) is 73.7 Å². The summed E-state index contributed by atoms with van der Waals surface area (Å²) in [6.07, 6.45) is 1.71. The van der Waals surface area contributed by atoms with Crippen molar-refractivity contribution in [3.8, 4) is 5.75 Å². The van der Waals surface area contributed by atoms with E-state index < -0.39 is 28.5 Å². The molecule has 3 rings (SSSR count). The fourth-order valence-electron chi connectivity index (χ4n) is 3.96. The Morgan fingerprint density at radius 3 is 2.38 bits per heavy atom. The molecule has 208 valence electrons. The number of nitrogens with one attached hydrogen (secondary N) is 1. The smallest absolute Gasteiger partial charge is 0.264 e. The van der Waals surface area contributed by atoms with Crippen LogP contribution in [-0.4, -0.2) is 51.4 Å². The average Bonchev–Trinajstić information content (AvgIpc) is 2.94. The van der Waals surface area contributed by atoms with E-state index in [-0.39, 0.29) is 23.0 Å². The van der Waals surface area contributed by atoms with Crippen molar-refractivity contribution in [2.45, 2.75) is 44.2 Å². The molecule has 1 N–H and O–H groups in total. The van der Waals surface area contributed by atoms with E-state index >= 15 is 0 Å². The van der Waals surface area contributed by atoms with E-state index in [0.29, 0.717) is 22.9 Å². The topological polar surface area (TPSA) is 96.0 Å². The molecular formula is C29H34ClN3O5S. The SMILES string of the molecule is CCCCNC(=O)C(C)N(Cc1cccc(Cl)c1)C(=O)CN(c1cccc(OC)c1)S(=O)(=O)c1ccccc1. The molecule has 0 aromatic heterocycles. The predicted octanol–water partition coefficient (Wildman–Crippen LogP) is 4.88. The third-order valence-corrected chi connectivity index (χ3v) is 8.21. The first kappa shape index (κ1) is 30.0. The van der Waals surface area contributed by atoms with Gasteiger partial charge in [-0.25, -0.2) is 8.42 Å². The second-order valence-corrected chi connectivity index (χ2v) is 11.3. The van der Waals surface area contributed by atoms with Gasteiger partial charge >= 0.3 is 0 Å². The number of methoxy groups -OCH3 is 1. The summed E-state index contributed by atoms with van der Waals surface area (Å²) in [6.45, 7) is 3.67. The molecule has 0 bridgehead atoms. The molecule has 0 aliphatic rings. The number of benzene rings is 3. The summed E-state index contributed by atoms with van der Waals surface area (Å²) < 4.78 is 33.9. The van der Waals surface area contributed by atoms with Gasteiger partial charge in [-0.15, -0.1) is 0 Å². The molecule has 1 atom stereocenters. The van der Waals surface area contributed by atoms with Gasteiger partial charge in [-0.1, -0.05) is 61.3 Å². The lowest BCUT2D eigenvalue weighted by molar-refractivity contribution is -0.139. The quantitative estimate of drug-likeness (QED) is 0.295. The number of rotatable bonds is 13. The van der Waals surface area contributed by atoms with Crippen molar-refractivity contribution in [3.05, 3.63) is 89.4 Å². The largest absolute Gasteiger partial charge is 0.497 e. The standard InChI is InChI=1S/C29H34ClN3O5S/c1-4-5-17-31-29(35)22(2)32(20-23-11-9-12-24(30)18-23)28(34)21-33(25-13-10-14-26(19-25)38-3)39(36,37)27-15-7-6-8-16-27/h6-16,18-19,22H,4-5,17,20-21H2,1-3H3,(H,31,35). The van der Waals surface area contributed by atoms with Crippen LogP contribution in [0.3, 0.4) is 0 Å². The Balaban J connectivity index is 2.01. The minimum atomic E-state index is -4.14. The highest BCUT2D eigenvalue weighted by Gasteiger charge is 2.32. The van der Waals surface area contributed by atoms with E-state index in [1.165, 1.54) is 24.1 Å². The molecule has 1 unspecified atom stereocenters. The van der Waals surface area contributed by atoms with E-state index in [0.717, 1.165) is 17.1 Å². The number of ether oxygens (including phenoxy) is 1. The van der Waals surface area contributed by atoms with Crippen LogP contribution >= 0.6 is 11.6 Å². The van der Waals surface area contributed by atoms with Crippen LogP contribution in [0.4, 0.5) is 5.69 Å². The van der Waals surface area contributed by atoms with Crippen LogP contribution in [0.15, 0.2) is 83.8 Å². The second kappa shape index (κ2) is 14.0. The Bertz CT molecular complexity index is 1370. The van der Waals surface area contributed by atoms with Gasteiger partial charge in [-0.05, 0) is 55.3 Å². The normalized spacial score (nSPS) is 11.9. The third-order valence-electron chi connectivity index (χ3n) is 6.19. The van der Waals surface area contributed by atoms with Crippen LogP contribution in [0, 0.1) is 0 Å². The van der Waals surface area contributed by atoms with E-state index in [2.05, 4.69) is 5.32 Å². The molecule has 10 heteroatoms. The number of nitrogens with zero attached hydrogens (tertiary/aromatic N) is 2. The van der Waals surface area contributed by atoms with Gasteiger partial charge in [0.2, 0.25) is 11.8 Å². The van der Waals surface area contributed by atoms with Crippen molar-refractivity contribution in [2.75, 3.05) is 24.5 Å². The zero-order valence-electron chi connectivity index (χ0n) is 22.3. The Labute approximate surface area is 235 Å². The first-order valence-electron chi connectivity index (χ1n) is 12.7. The van der Waals surface area contributed by atoms with Crippen molar-refractivity contribution >= 4 is 39.1 Å². The molecule has 3 aromatic carbocycles. The van der Waals surface area contributed by atoms with E-state index in [1.807, 2.05) is 6.92 Å². The lowest BCUT2D eigenvalue weighted by atomic mass is 10.1. The van der Waals surface area contributed by atoms with Crippen molar-refractivity contribution in [2.24, 2.45) is 0 Å². The van der Waals surface area contributed by atoms with Crippen LogP contribution in [0.25, 0.3) is 0 Å². The van der Waals surface area contributed by atoms with Crippen LogP contribution in [0.5, 0.6) is 5.75 Å². The average molecular weight is 572 g/mol. The Morgan fingerprint density at radius 2 is 1.72 bits per heavy atom. The van der Waals surface area contributed by atoms with Crippen LogP contribution in [0.2, 0.25) is 5.02 Å². The van der Waals surface area contributed by atoms with Gasteiger partial charge in [0, 0.05) is 24.2 Å². The van der Waals surface area contributed by atoms with Gasteiger partial charge in [-0.2, -0.15) is 0 Å². The Hall–Kier alpha value is -3.56. The number of sulfonamides is 1. The van der Waals surface area contributed by atoms with Crippen molar-refractivity contribution in [1.29, 1.82) is 0 Å². The number of unbranched alkanes of at least 4 members (excludes halogenated alkanes) is 1. The van der Waals surface area contributed by atoms with E-state index in [9.17, 15) is 18.0 Å². The molecule has 0 aliphatic carbocycles. The lowest BCUT2D eigenvalue weighted by Gasteiger charge is -2.32. The first-order valence-corrected chi connectivity index (χ1v) is 14.5. The fraction of sp³-hybridized carbons (Fsp3) is 0.310. The zero-order chi connectivity index (χ0) is 28.4. The van der Waals surface area contributed by atoms with Crippen molar-refractivity contribution in [3.63, 3.8) is 0 Å². The van der Waals surface area contributed by atoms with Gasteiger partial charge in [0.15, 0.2) is 0 Å². The van der Waals surface area contributed by atoms with Crippen molar-refractivity contribution in [1.82, 2.24) is 10.2 Å². The van der Waals surface area contributed by atoms with Gasteiger partial charge in [-0.3, -0.25) is 13.9 Å². The molecule has 0 fully saturated rings. The lowest BCUT2D eigenvalue weighted by Crippen LogP contribution is -2.51. The molecule has 2 amide bonds. The van der Waals surface area contributed by atoms with Gasteiger partial charge < -0.3 is 15.0 Å². The maximum absolute atomic E-state index is 13.9. The Kier molecular flexibility index (Phi) is 10.8. The molecule has 0 saturated carbocycles. The molecule has 8 nitrogen and oxygen atoms in total. The summed E-state index contributed by atoms with van der Waals surface area (Å²) in [5.41, 5.74) is 0.970. The van der Waals surface area contributed by atoms with Gasteiger partial charge in [0.25, 0.3) is 10.0 Å². The highest BCUT2D eigenvalue weighted by atomic mass is 35.5. The highest BCUT2D eigenvalue weighted by molar-refractivity contribution is 7.92. The molecule has 39 heavy (non-hydrogen) atoms.